The molecule has 0 aliphatic carbocycles. The standard InChI is InChI=1S/C59H118O3/c1-4-7-10-13-16-19-22-25-28-31-33-36-39-42-45-48-51-54-60-57-59(62-56-53-50-47-44-41-38-35-30-27-24-21-18-15-12-9-6-3)58-61-55-52-49-46-43-40-37-34-32-29-26-23-20-17-14-11-8-5-2/h27,30,59H,4-26,28-29,31-58H2,1-3H3/b30-27-. The van der Waals surface area contributed by atoms with E-state index in [0.717, 1.165) is 26.2 Å². The highest BCUT2D eigenvalue weighted by molar-refractivity contribution is 4.81. The molecule has 3 heteroatoms. The van der Waals surface area contributed by atoms with Gasteiger partial charge < -0.3 is 14.2 Å². The third kappa shape index (κ3) is 55.8. The molecular weight excluding hydrogens is 757 g/mol. The minimum absolute atomic E-state index is 0.0784. The molecule has 0 aromatic heterocycles. The Labute approximate surface area is 393 Å². The maximum Gasteiger partial charge on any atom is 0.104 e. The molecule has 0 spiro atoms. The maximum atomic E-state index is 6.38. The van der Waals surface area contributed by atoms with E-state index in [-0.39, 0.29) is 6.10 Å². The largest absolute Gasteiger partial charge is 0.379 e. The van der Waals surface area contributed by atoms with Crippen LogP contribution in [-0.2, 0) is 14.2 Å². The van der Waals surface area contributed by atoms with Crippen LogP contribution in [0.3, 0.4) is 0 Å². The molecule has 0 saturated carbocycles. The van der Waals surface area contributed by atoms with Crippen LogP contribution in [0, 0.1) is 0 Å². The molecule has 0 radical (unpaired) electrons. The lowest BCUT2D eigenvalue weighted by Crippen LogP contribution is -2.26. The van der Waals surface area contributed by atoms with Crippen molar-refractivity contribution >= 4 is 0 Å². The van der Waals surface area contributed by atoms with Crippen molar-refractivity contribution in [3.05, 3.63) is 12.2 Å². The Morgan fingerprint density at radius 3 is 0.710 bits per heavy atom. The molecule has 0 atom stereocenters. The molecule has 0 rings (SSSR count). The molecular formula is C59H118O3. The van der Waals surface area contributed by atoms with Crippen LogP contribution < -0.4 is 0 Å². The lowest BCUT2D eigenvalue weighted by atomic mass is 10.0. The van der Waals surface area contributed by atoms with Crippen molar-refractivity contribution in [2.45, 2.75) is 335 Å². The highest BCUT2D eigenvalue weighted by Crippen LogP contribution is 2.17. The molecule has 0 fully saturated rings. The molecule has 0 saturated heterocycles. The van der Waals surface area contributed by atoms with Crippen LogP contribution in [0.25, 0.3) is 0 Å². The molecule has 0 aromatic carbocycles. The lowest BCUT2D eigenvalue weighted by molar-refractivity contribution is -0.0616. The number of unbranched alkanes of at least 4 members (excludes halogenated alkanes) is 44. The Kier molecular flexibility index (Phi) is 58.3. The average molecular weight is 876 g/mol. The topological polar surface area (TPSA) is 27.7 Å². The Morgan fingerprint density at radius 1 is 0.242 bits per heavy atom. The predicted octanol–water partition coefficient (Wildman–Crippen LogP) is 20.7. The van der Waals surface area contributed by atoms with Gasteiger partial charge in [-0.1, -0.05) is 296 Å². The Hall–Kier alpha value is -0.380. The Morgan fingerprint density at radius 2 is 0.452 bits per heavy atom. The third-order valence-corrected chi connectivity index (χ3v) is 13.4. The summed E-state index contributed by atoms with van der Waals surface area (Å²) in [6.45, 7) is 10.9. The summed E-state index contributed by atoms with van der Waals surface area (Å²) in [5.74, 6) is 0. The van der Waals surface area contributed by atoms with Gasteiger partial charge in [0.1, 0.15) is 6.10 Å². The zero-order valence-corrected chi connectivity index (χ0v) is 43.4. The van der Waals surface area contributed by atoms with Gasteiger partial charge in [-0.25, -0.2) is 0 Å². The second-order valence-corrected chi connectivity index (χ2v) is 19.9. The number of hydrogen-bond acceptors (Lipinski definition) is 3. The van der Waals surface area contributed by atoms with Crippen LogP contribution in [0.5, 0.6) is 0 Å². The van der Waals surface area contributed by atoms with Gasteiger partial charge in [0.05, 0.1) is 13.2 Å². The summed E-state index contributed by atoms with van der Waals surface area (Å²) in [5.41, 5.74) is 0. The molecule has 372 valence electrons. The molecule has 0 aliphatic heterocycles. The van der Waals surface area contributed by atoms with Crippen molar-refractivity contribution < 1.29 is 14.2 Å². The zero-order chi connectivity index (χ0) is 44.6. The van der Waals surface area contributed by atoms with Gasteiger partial charge in [-0.05, 0) is 44.9 Å². The molecule has 0 amide bonds. The first-order valence-corrected chi connectivity index (χ1v) is 29.3. The number of hydrogen-bond donors (Lipinski definition) is 0. The van der Waals surface area contributed by atoms with E-state index in [4.69, 9.17) is 14.2 Å². The summed E-state index contributed by atoms with van der Waals surface area (Å²) in [6.07, 6.45) is 71.7. The Bertz CT molecular complexity index is 739. The van der Waals surface area contributed by atoms with Gasteiger partial charge in [-0.2, -0.15) is 0 Å². The second kappa shape index (κ2) is 58.6. The van der Waals surface area contributed by atoms with Gasteiger partial charge in [0.15, 0.2) is 0 Å². The van der Waals surface area contributed by atoms with Gasteiger partial charge in [-0.3, -0.25) is 0 Å². The van der Waals surface area contributed by atoms with E-state index in [2.05, 4.69) is 32.9 Å². The van der Waals surface area contributed by atoms with Crippen LogP contribution in [0.15, 0.2) is 12.2 Å². The van der Waals surface area contributed by atoms with Crippen LogP contribution >= 0.6 is 0 Å². The summed E-state index contributed by atoms with van der Waals surface area (Å²) in [5, 5.41) is 0. The lowest BCUT2D eigenvalue weighted by Gasteiger charge is -2.18. The summed E-state index contributed by atoms with van der Waals surface area (Å²) in [6, 6.07) is 0. The first kappa shape index (κ1) is 61.6. The third-order valence-electron chi connectivity index (χ3n) is 13.4. The van der Waals surface area contributed by atoms with Crippen LogP contribution in [0.2, 0.25) is 0 Å². The van der Waals surface area contributed by atoms with Crippen molar-refractivity contribution in [3.63, 3.8) is 0 Å². The van der Waals surface area contributed by atoms with Crippen molar-refractivity contribution in [1.82, 2.24) is 0 Å². The van der Waals surface area contributed by atoms with E-state index in [0.29, 0.717) is 13.2 Å². The van der Waals surface area contributed by atoms with Crippen LogP contribution in [-0.4, -0.2) is 39.1 Å². The average Bonchev–Trinajstić information content (AvgIpc) is 3.28. The quantitative estimate of drug-likeness (QED) is 0.0450. The van der Waals surface area contributed by atoms with Gasteiger partial charge in [0.2, 0.25) is 0 Å². The van der Waals surface area contributed by atoms with E-state index in [1.165, 1.54) is 302 Å². The number of allylic oxidation sites excluding steroid dienone is 2. The first-order valence-electron chi connectivity index (χ1n) is 29.3. The summed E-state index contributed by atoms with van der Waals surface area (Å²) < 4.78 is 18.7. The highest BCUT2D eigenvalue weighted by Gasteiger charge is 2.10. The van der Waals surface area contributed by atoms with Crippen LogP contribution in [0.4, 0.5) is 0 Å². The molecule has 3 nitrogen and oxygen atoms in total. The zero-order valence-electron chi connectivity index (χ0n) is 43.4. The minimum atomic E-state index is 0.0784. The second-order valence-electron chi connectivity index (χ2n) is 19.9. The summed E-state index contributed by atoms with van der Waals surface area (Å²) >= 11 is 0. The molecule has 0 aliphatic rings. The molecule has 0 bridgehead atoms. The summed E-state index contributed by atoms with van der Waals surface area (Å²) in [4.78, 5) is 0. The van der Waals surface area contributed by atoms with Gasteiger partial charge in [-0.15, -0.1) is 0 Å². The fourth-order valence-electron chi connectivity index (χ4n) is 9.03. The van der Waals surface area contributed by atoms with E-state index >= 15 is 0 Å². The molecule has 0 N–H and O–H groups in total. The minimum Gasteiger partial charge on any atom is -0.379 e. The van der Waals surface area contributed by atoms with Crippen molar-refractivity contribution in [2.75, 3.05) is 33.0 Å². The molecule has 62 heavy (non-hydrogen) atoms. The molecule has 0 unspecified atom stereocenters. The smallest absolute Gasteiger partial charge is 0.104 e. The number of ether oxygens (including phenoxy) is 3. The predicted molar refractivity (Wildman–Crippen MR) is 279 cm³/mol. The van der Waals surface area contributed by atoms with E-state index in [9.17, 15) is 0 Å². The van der Waals surface area contributed by atoms with E-state index in [1.807, 2.05) is 0 Å². The van der Waals surface area contributed by atoms with Crippen molar-refractivity contribution in [2.24, 2.45) is 0 Å². The number of rotatable bonds is 57. The Balaban J connectivity index is 3.99. The highest BCUT2D eigenvalue weighted by atomic mass is 16.6. The van der Waals surface area contributed by atoms with Crippen molar-refractivity contribution in [3.8, 4) is 0 Å². The summed E-state index contributed by atoms with van der Waals surface area (Å²) in [7, 11) is 0. The van der Waals surface area contributed by atoms with Gasteiger partial charge in [0, 0.05) is 19.8 Å². The molecule has 0 aromatic rings. The van der Waals surface area contributed by atoms with Crippen molar-refractivity contribution in [1.29, 1.82) is 0 Å². The SMILES string of the molecule is CCCCCCCC/C=C\CCCCCCCCOC(COCCCCCCCCCCCCCCCCCCC)COCCCCCCCCCCCCCCCCCCC. The van der Waals surface area contributed by atoms with Gasteiger partial charge >= 0.3 is 0 Å². The normalized spacial score (nSPS) is 11.9. The first-order chi connectivity index (χ1) is 30.8. The van der Waals surface area contributed by atoms with Crippen LogP contribution in [0.1, 0.15) is 329 Å². The van der Waals surface area contributed by atoms with Gasteiger partial charge in [0.25, 0.3) is 0 Å². The fourth-order valence-corrected chi connectivity index (χ4v) is 9.03. The van der Waals surface area contributed by atoms with E-state index < -0.39 is 0 Å². The molecule has 0 heterocycles. The monoisotopic (exact) mass is 875 g/mol. The van der Waals surface area contributed by atoms with E-state index in [1.54, 1.807) is 0 Å². The maximum absolute atomic E-state index is 6.38. The fraction of sp³-hybridized carbons (Fsp3) is 0.966.